The van der Waals surface area contributed by atoms with Crippen molar-refractivity contribution in [2.24, 2.45) is 0 Å². The molecule has 2 fully saturated rings. The molecule has 0 amide bonds. The molecule has 18 heteroatoms. The minimum Gasteiger partial charge on any atom is -0.493 e. The zero-order chi connectivity index (χ0) is 38.8. The minimum absolute atomic E-state index is 0.0291. The molecule has 18 nitrogen and oxygen atoms in total. The number of methoxy groups -OCH3 is 5. The summed E-state index contributed by atoms with van der Waals surface area (Å²) in [6.45, 7) is -1.23. The van der Waals surface area contributed by atoms with Crippen LogP contribution in [-0.4, -0.2) is 170 Å². The molecule has 0 saturated carbocycles. The van der Waals surface area contributed by atoms with Gasteiger partial charge < -0.3 is 88.2 Å². The van der Waals surface area contributed by atoms with E-state index >= 15 is 0 Å². The number of rotatable bonds is 18. The highest BCUT2D eigenvalue weighted by Gasteiger charge is 2.46. The van der Waals surface area contributed by atoms with Crippen LogP contribution in [0.15, 0.2) is 30.3 Å². The maximum atomic E-state index is 10.6. The average Bonchev–Trinajstić information content (AvgIpc) is 3.17. The number of aliphatic hydroxyl groups excluding tert-OH is 8. The lowest BCUT2D eigenvalue weighted by atomic mass is 9.99. The fourth-order valence-electron chi connectivity index (χ4n) is 5.81. The predicted molar refractivity (Wildman–Crippen MR) is 182 cm³/mol. The van der Waals surface area contributed by atoms with Crippen molar-refractivity contribution < 1.29 is 88.2 Å². The van der Waals surface area contributed by atoms with Crippen LogP contribution in [-0.2, 0) is 25.4 Å². The Bertz CT molecular complexity index is 1420. The van der Waals surface area contributed by atoms with Gasteiger partial charge in [0.25, 0.3) is 0 Å². The van der Waals surface area contributed by atoms with Crippen LogP contribution in [0.3, 0.4) is 0 Å². The molecule has 0 aromatic heterocycles. The third-order valence-electron chi connectivity index (χ3n) is 8.70. The first-order chi connectivity index (χ1) is 25.4. The van der Waals surface area contributed by atoms with Crippen LogP contribution in [0.1, 0.15) is 11.1 Å². The molecule has 8 N–H and O–H groups in total. The van der Waals surface area contributed by atoms with Gasteiger partial charge >= 0.3 is 0 Å². The second-order valence-electron chi connectivity index (χ2n) is 12.2. The van der Waals surface area contributed by atoms with Crippen LogP contribution in [0.5, 0.6) is 34.5 Å². The molecule has 53 heavy (non-hydrogen) atoms. The van der Waals surface area contributed by atoms with Crippen molar-refractivity contribution in [3.8, 4) is 34.5 Å². The molecular formula is C35H50O18. The molecule has 2 aromatic carbocycles. The molecule has 11 atom stereocenters. The SMILES string of the molecule is COCC=Cc1cc(OC)c(OC(COC2OC(CO)C(O)C(O)C2O)Cc2cc(OC)c(OC3OC(CO)C(O)C(O)C3O)c(OC)c2)c(OC)c1. The summed E-state index contributed by atoms with van der Waals surface area (Å²) >= 11 is 0. The van der Waals surface area contributed by atoms with Gasteiger partial charge in [-0.05, 0) is 35.4 Å². The third-order valence-corrected chi connectivity index (χ3v) is 8.70. The Morgan fingerprint density at radius 1 is 0.642 bits per heavy atom. The summed E-state index contributed by atoms with van der Waals surface area (Å²) in [5, 5.41) is 81.5. The molecule has 2 aromatic rings. The van der Waals surface area contributed by atoms with Crippen LogP contribution in [0.4, 0.5) is 0 Å². The normalized spacial score (nSPS) is 29.5. The van der Waals surface area contributed by atoms with Gasteiger partial charge in [-0.1, -0.05) is 12.2 Å². The van der Waals surface area contributed by atoms with Crippen molar-refractivity contribution in [2.45, 2.75) is 73.9 Å². The number of hydrogen-bond acceptors (Lipinski definition) is 18. The Balaban J connectivity index is 1.68. The largest absolute Gasteiger partial charge is 0.493 e. The highest BCUT2D eigenvalue weighted by atomic mass is 16.7. The van der Waals surface area contributed by atoms with Crippen molar-refractivity contribution >= 4 is 6.08 Å². The van der Waals surface area contributed by atoms with E-state index in [0.717, 1.165) is 5.56 Å². The van der Waals surface area contributed by atoms with Gasteiger partial charge in [-0.25, -0.2) is 0 Å². The first-order valence-corrected chi connectivity index (χ1v) is 16.7. The highest BCUT2D eigenvalue weighted by Crippen LogP contribution is 2.43. The summed E-state index contributed by atoms with van der Waals surface area (Å²) in [7, 11) is 7.18. The van der Waals surface area contributed by atoms with E-state index in [4.69, 9.17) is 47.4 Å². The monoisotopic (exact) mass is 758 g/mol. The first-order valence-electron chi connectivity index (χ1n) is 16.7. The van der Waals surface area contributed by atoms with Gasteiger partial charge in [0.15, 0.2) is 29.3 Å². The van der Waals surface area contributed by atoms with Gasteiger partial charge in [-0.2, -0.15) is 0 Å². The summed E-state index contributed by atoms with van der Waals surface area (Å²) in [5.74, 6) is 0.983. The van der Waals surface area contributed by atoms with Crippen LogP contribution >= 0.6 is 0 Å². The van der Waals surface area contributed by atoms with Crippen molar-refractivity contribution in [1.82, 2.24) is 0 Å². The standard InChI is InChI=1S/C35H50O18/c1-44-8-6-7-17-10-20(45-2)32(21(11-17)46-3)50-19(16-49-34-30(42)28(40)26(38)24(14-36)51-34)9-18-12-22(47-4)33(23(13-18)48-5)53-35-31(43)29(41)27(39)25(15-37)52-35/h6-7,10-13,19,24-31,34-43H,8-9,14-16H2,1-5H3. The third kappa shape index (κ3) is 9.98. The molecule has 11 unspecified atom stereocenters. The Morgan fingerprint density at radius 3 is 1.62 bits per heavy atom. The van der Waals surface area contributed by atoms with E-state index in [1.54, 1.807) is 37.5 Å². The number of aliphatic hydroxyl groups is 8. The summed E-state index contributed by atoms with van der Waals surface area (Å²) in [6, 6.07) is 6.59. The predicted octanol–water partition coefficient (Wildman–Crippen LogP) is -1.63. The van der Waals surface area contributed by atoms with Crippen molar-refractivity contribution in [1.29, 1.82) is 0 Å². The van der Waals surface area contributed by atoms with Crippen LogP contribution in [0, 0.1) is 0 Å². The molecule has 0 aliphatic carbocycles. The molecule has 4 rings (SSSR count). The summed E-state index contributed by atoms with van der Waals surface area (Å²) in [5.41, 5.74) is 1.25. The van der Waals surface area contributed by atoms with E-state index in [1.807, 2.05) is 6.08 Å². The highest BCUT2D eigenvalue weighted by molar-refractivity contribution is 5.62. The quantitative estimate of drug-likeness (QED) is 0.0849. The van der Waals surface area contributed by atoms with E-state index < -0.39 is 80.7 Å². The molecule has 0 radical (unpaired) electrons. The van der Waals surface area contributed by atoms with Crippen molar-refractivity contribution in [2.75, 3.05) is 62.0 Å². The summed E-state index contributed by atoms with van der Waals surface area (Å²) in [6.07, 6.45) is -12.6. The van der Waals surface area contributed by atoms with E-state index in [0.29, 0.717) is 23.7 Å². The Labute approximate surface area is 306 Å². The molecule has 2 aliphatic rings. The number of benzene rings is 2. The molecule has 2 saturated heterocycles. The fraction of sp³-hybridized carbons (Fsp3) is 0.600. The lowest BCUT2D eigenvalue weighted by Crippen LogP contribution is -2.60. The molecule has 298 valence electrons. The van der Waals surface area contributed by atoms with Crippen molar-refractivity contribution in [3.63, 3.8) is 0 Å². The van der Waals surface area contributed by atoms with E-state index in [-0.39, 0.29) is 36.0 Å². The van der Waals surface area contributed by atoms with Gasteiger partial charge in [-0.15, -0.1) is 0 Å². The van der Waals surface area contributed by atoms with Crippen LogP contribution < -0.4 is 28.4 Å². The number of hydrogen-bond donors (Lipinski definition) is 8. The van der Waals surface area contributed by atoms with E-state index in [2.05, 4.69) is 0 Å². The van der Waals surface area contributed by atoms with Gasteiger partial charge in [0.2, 0.25) is 17.8 Å². The Hall–Kier alpha value is -3.50. The Kier molecular flexibility index (Phi) is 15.7. The molecule has 0 bridgehead atoms. The van der Waals surface area contributed by atoms with Gasteiger partial charge in [0, 0.05) is 13.5 Å². The minimum atomic E-state index is -1.70. The molecular weight excluding hydrogens is 708 g/mol. The summed E-state index contributed by atoms with van der Waals surface area (Å²) in [4.78, 5) is 0. The molecule has 2 aliphatic heterocycles. The molecule has 0 spiro atoms. The topological polar surface area (TPSA) is 254 Å². The Morgan fingerprint density at radius 2 is 1.13 bits per heavy atom. The smallest absolute Gasteiger partial charge is 0.229 e. The lowest BCUT2D eigenvalue weighted by Gasteiger charge is -2.40. The van der Waals surface area contributed by atoms with Crippen molar-refractivity contribution in [3.05, 3.63) is 41.5 Å². The second kappa shape index (κ2) is 19.7. The number of ether oxygens (including phenoxy) is 10. The second-order valence-corrected chi connectivity index (χ2v) is 12.2. The first kappa shape index (κ1) is 42.2. The zero-order valence-electron chi connectivity index (χ0n) is 30.0. The van der Waals surface area contributed by atoms with E-state index in [1.165, 1.54) is 28.4 Å². The maximum Gasteiger partial charge on any atom is 0.229 e. The summed E-state index contributed by atoms with van der Waals surface area (Å²) < 4.78 is 56.9. The fourth-order valence-corrected chi connectivity index (χ4v) is 5.81. The lowest BCUT2D eigenvalue weighted by molar-refractivity contribution is -0.304. The van der Waals surface area contributed by atoms with E-state index in [9.17, 15) is 40.9 Å². The van der Waals surface area contributed by atoms with Gasteiger partial charge in [0.1, 0.15) is 54.9 Å². The maximum absolute atomic E-state index is 10.6. The van der Waals surface area contributed by atoms with Crippen LogP contribution in [0.25, 0.3) is 6.08 Å². The van der Waals surface area contributed by atoms with Gasteiger partial charge in [0.05, 0.1) is 54.9 Å². The zero-order valence-corrected chi connectivity index (χ0v) is 30.0. The average molecular weight is 759 g/mol. The molecule has 2 heterocycles. The van der Waals surface area contributed by atoms with Gasteiger partial charge in [-0.3, -0.25) is 0 Å². The van der Waals surface area contributed by atoms with Crippen LogP contribution in [0.2, 0.25) is 0 Å².